The zero-order chi connectivity index (χ0) is 14.7. The molecule has 8 heteroatoms. The number of hydrogen-bond donors (Lipinski definition) is 1. The highest BCUT2D eigenvalue weighted by Crippen LogP contribution is 2.31. The fraction of sp³-hybridized carbons (Fsp3) is 0.167. The Morgan fingerprint density at radius 1 is 1.55 bits per heavy atom. The van der Waals surface area contributed by atoms with Crippen LogP contribution in [0.1, 0.15) is 5.69 Å². The van der Waals surface area contributed by atoms with Gasteiger partial charge in [-0.15, -0.1) is 0 Å². The van der Waals surface area contributed by atoms with Gasteiger partial charge < -0.3 is 14.3 Å². The van der Waals surface area contributed by atoms with E-state index in [-0.39, 0.29) is 29.4 Å². The van der Waals surface area contributed by atoms with E-state index in [4.69, 9.17) is 14.3 Å². The number of aromatic nitrogens is 1. The normalized spacial score (nSPS) is 10.2. The lowest BCUT2D eigenvalue weighted by molar-refractivity contribution is -0.385. The summed E-state index contributed by atoms with van der Waals surface area (Å²) in [4.78, 5) is 24.9. The van der Waals surface area contributed by atoms with Gasteiger partial charge in [0.15, 0.2) is 5.75 Å². The van der Waals surface area contributed by atoms with Crippen LogP contribution in [0.3, 0.4) is 0 Å². The molecule has 20 heavy (non-hydrogen) atoms. The van der Waals surface area contributed by atoms with E-state index >= 15 is 0 Å². The molecule has 0 aliphatic carbocycles. The number of carboxylic acid groups (broad SMARTS) is 1. The lowest BCUT2D eigenvalue weighted by atomic mass is 10.2. The van der Waals surface area contributed by atoms with Crippen LogP contribution in [0.4, 0.5) is 5.69 Å². The molecule has 2 rings (SSSR count). The predicted molar refractivity (Wildman–Crippen MR) is 66.5 cm³/mol. The fourth-order valence-corrected chi connectivity index (χ4v) is 1.64. The maximum absolute atomic E-state index is 10.9. The van der Waals surface area contributed by atoms with Crippen molar-refractivity contribution in [3.63, 3.8) is 0 Å². The lowest BCUT2D eigenvalue weighted by Crippen LogP contribution is -2.00. The van der Waals surface area contributed by atoms with Crippen LogP contribution in [0.15, 0.2) is 28.9 Å². The molecule has 0 radical (unpaired) electrons. The third kappa shape index (κ3) is 2.74. The van der Waals surface area contributed by atoms with Crippen molar-refractivity contribution in [1.82, 2.24) is 4.98 Å². The first-order chi connectivity index (χ1) is 9.51. The average Bonchev–Trinajstić information content (AvgIpc) is 2.85. The molecule has 0 atom stereocenters. The predicted octanol–water partition coefficient (Wildman–Crippen LogP) is 1.89. The van der Waals surface area contributed by atoms with E-state index in [9.17, 15) is 14.9 Å². The summed E-state index contributed by atoms with van der Waals surface area (Å²) in [5.74, 6) is -0.798. The Bertz CT molecular complexity index is 664. The molecule has 1 N–H and O–H groups in total. The molecule has 0 aliphatic heterocycles. The smallest absolute Gasteiger partial charge is 0.311 e. The molecule has 0 saturated carbocycles. The number of oxazole rings is 1. The van der Waals surface area contributed by atoms with Gasteiger partial charge in [-0.3, -0.25) is 14.9 Å². The van der Waals surface area contributed by atoms with Crippen molar-refractivity contribution >= 4 is 11.7 Å². The molecule has 1 aromatic carbocycles. The largest absolute Gasteiger partial charge is 0.490 e. The second-order valence-electron chi connectivity index (χ2n) is 3.86. The Hall–Kier alpha value is -2.90. The minimum atomic E-state index is -1.04. The fourth-order valence-electron chi connectivity index (χ4n) is 1.64. The molecule has 0 fully saturated rings. The van der Waals surface area contributed by atoms with Crippen LogP contribution in [0.5, 0.6) is 5.75 Å². The summed E-state index contributed by atoms with van der Waals surface area (Å²) in [5.41, 5.74) is 0.392. The lowest BCUT2D eigenvalue weighted by Gasteiger charge is -2.02. The summed E-state index contributed by atoms with van der Waals surface area (Å²) in [6.07, 6.45) is 0.932. The molecular formula is C12H10N2O6. The Morgan fingerprint density at radius 3 is 2.90 bits per heavy atom. The maximum atomic E-state index is 10.9. The maximum Gasteiger partial charge on any atom is 0.311 e. The first-order valence-corrected chi connectivity index (χ1v) is 5.50. The molecular weight excluding hydrogens is 268 g/mol. The van der Waals surface area contributed by atoms with Crippen molar-refractivity contribution in [2.24, 2.45) is 0 Å². The van der Waals surface area contributed by atoms with E-state index in [0.717, 1.165) is 0 Å². The van der Waals surface area contributed by atoms with E-state index in [1.807, 2.05) is 0 Å². The second-order valence-corrected chi connectivity index (χ2v) is 3.86. The van der Waals surface area contributed by atoms with Crippen LogP contribution in [0.25, 0.3) is 11.5 Å². The van der Waals surface area contributed by atoms with Gasteiger partial charge in [-0.25, -0.2) is 4.98 Å². The van der Waals surface area contributed by atoms with Crippen molar-refractivity contribution in [1.29, 1.82) is 0 Å². The van der Waals surface area contributed by atoms with Gasteiger partial charge in [-0.05, 0) is 12.1 Å². The Morgan fingerprint density at radius 2 is 2.30 bits per heavy atom. The van der Waals surface area contributed by atoms with E-state index in [1.54, 1.807) is 6.07 Å². The standard InChI is InChI=1S/C12H10N2O6/c1-19-10-3-2-7(4-9(10)14(17)18)12-13-8(6-20-12)5-11(15)16/h2-4,6H,5H2,1H3,(H,15,16). The van der Waals surface area contributed by atoms with Gasteiger partial charge in [0, 0.05) is 11.6 Å². The molecule has 1 aromatic heterocycles. The number of nitro groups is 1. The molecule has 0 amide bonds. The molecule has 0 saturated heterocycles. The van der Waals surface area contributed by atoms with Crippen LogP contribution in [-0.4, -0.2) is 28.1 Å². The first kappa shape index (κ1) is 13.5. The minimum Gasteiger partial charge on any atom is -0.490 e. The zero-order valence-electron chi connectivity index (χ0n) is 10.4. The Labute approximate surface area is 112 Å². The number of nitrogens with zero attached hydrogens (tertiary/aromatic N) is 2. The summed E-state index contributed by atoms with van der Waals surface area (Å²) < 4.78 is 10.0. The number of rotatable bonds is 5. The van der Waals surface area contributed by atoms with Gasteiger partial charge in [0.2, 0.25) is 5.89 Å². The summed E-state index contributed by atoms with van der Waals surface area (Å²) in [7, 11) is 1.33. The Kier molecular flexibility index (Phi) is 3.65. The van der Waals surface area contributed by atoms with Gasteiger partial charge >= 0.3 is 11.7 Å². The topological polar surface area (TPSA) is 116 Å². The number of carboxylic acids is 1. The SMILES string of the molecule is COc1ccc(-c2nc(CC(=O)O)co2)cc1[N+](=O)[O-]. The molecule has 1 heterocycles. The number of carbonyl (C=O) groups is 1. The molecule has 0 unspecified atom stereocenters. The highest BCUT2D eigenvalue weighted by Gasteiger charge is 2.18. The van der Waals surface area contributed by atoms with E-state index < -0.39 is 10.9 Å². The van der Waals surface area contributed by atoms with Crippen molar-refractivity contribution in [2.75, 3.05) is 7.11 Å². The number of hydrogen-bond acceptors (Lipinski definition) is 6. The van der Waals surface area contributed by atoms with Crippen LogP contribution in [-0.2, 0) is 11.2 Å². The van der Waals surface area contributed by atoms with Gasteiger partial charge in [-0.1, -0.05) is 0 Å². The highest BCUT2D eigenvalue weighted by molar-refractivity contribution is 5.70. The number of aliphatic carboxylic acids is 1. The summed E-state index contributed by atoms with van der Waals surface area (Å²) >= 11 is 0. The summed E-state index contributed by atoms with van der Waals surface area (Å²) in [6.45, 7) is 0. The zero-order valence-corrected chi connectivity index (χ0v) is 10.4. The third-order valence-electron chi connectivity index (χ3n) is 2.51. The number of methoxy groups -OCH3 is 1. The van der Waals surface area contributed by atoms with Gasteiger partial charge in [0.05, 0.1) is 24.1 Å². The van der Waals surface area contributed by atoms with Crippen molar-refractivity contribution in [3.8, 4) is 17.2 Å². The average molecular weight is 278 g/mol. The molecule has 0 aliphatic rings. The number of ether oxygens (including phenoxy) is 1. The van der Waals surface area contributed by atoms with Crippen LogP contribution >= 0.6 is 0 Å². The van der Waals surface area contributed by atoms with Crippen LogP contribution in [0, 0.1) is 10.1 Å². The van der Waals surface area contributed by atoms with Gasteiger partial charge in [0.25, 0.3) is 0 Å². The third-order valence-corrected chi connectivity index (χ3v) is 2.51. The molecule has 104 valence electrons. The van der Waals surface area contributed by atoms with Crippen LogP contribution in [0.2, 0.25) is 0 Å². The van der Waals surface area contributed by atoms with E-state index in [2.05, 4.69) is 4.98 Å². The second kappa shape index (κ2) is 5.39. The summed E-state index contributed by atoms with van der Waals surface area (Å²) in [6, 6.07) is 4.23. The first-order valence-electron chi connectivity index (χ1n) is 5.50. The Balaban J connectivity index is 2.37. The number of benzene rings is 1. The van der Waals surface area contributed by atoms with E-state index in [0.29, 0.717) is 5.56 Å². The molecule has 8 nitrogen and oxygen atoms in total. The monoisotopic (exact) mass is 278 g/mol. The van der Waals surface area contributed by atoms with E-state index in [1.165, 1.54) is 25.5 Å². The number of nitro benzene ring substituents is 1. The van der Waals surface area contributed by atoms with Crippen LogP contribution < -0.4 is 4.74 Å². The van der Waals surface area contributed by atoms with Crippen molar-refractivity contribution < 1.29 is 24.0 Å². The molecule has 0 spiro atoms. The van der Waals surface area contributed by atoms with Crippen molar-refractivity contribution in [3.05, 3.63) is 40.3 Å². The van der Waals surface area contributed by atoms with Gasteiger partial charge in [0.1, 0.15) is 6.26 Å². The van der Waals surface area contributed by atoms with Gasteiger partial charge in [-0.2, -0.15) is 0 Å². The molecule has 2 aromatic rings. The van der Waals surface area contributed by atoms with Crippen molar-refractivity contribution in [2.45, 2.75) is 6.42 Å². The highest BCUT2D eigenvalue weighted by atomic mass is 16.6. The quantitative estimate of drug-likeness (QED) is 0.655. The summed E-state index contributed by atoms with van der Waals surface area (Å²) in [5, 5.41) is 19.6. The molecule has 0 bridgehead atoms. The minimum absolute atomic E-state index is 0.118.